The number of hydrogen-bond acceptors (Lipinski definition) is 5. The van der Waals surface area contributed by atoms with E-state index in [1.54, 1.807) is 18.2 Å². The molecule has 0 fully saturated rings. The average molecular weight is 349 g/mol. The maximum atomic E-state index is 12.6. The van der Waals surface area contributed by atoms with Gasteiger partial charge in [0, 0.05) is 6.07 Å². The highest BCUT2D eigenvalue weighted by Gasteiger charge is 2.32. The summed E-state index contributed by atoms with van der Waals surface area (Å²) in [6.45, 7) is 1.43. The minimum Gasteiger partial charge on any atom is -0.368 e. The van der Waals surface area contributed by atoms with Crippen molar-refractivity contribution in [1.29, 1.82) is 0 Å². The van der Waals surface area contributed by atoms with E-state index in [1.807, 2.05) is 0 Å². The highest BCUT2D eigenvalue weighted by molar-refractivity contribution is 7.89. The van der Waals surface area contributed by atoms with Crippen LogP contribution < -0.4 is 10.5 Å². The highest BCUT2D eigenvalue weighted by Crippen LogP contribution is 2.28. The monoisotopic (exact) mass is 349 g/mol. The lowest BCUT2D eigenvalue weighted by Gasteiger charge is -2.17. The number of benzene rings is 2. The van der Waals surface area contributed by atoms with Crippen LogP contribution in [0, 0.1) is 17.0 Å². The minimum atomic E-state index is -4.35. The van der Waals surface area contributed by atoms with Crippen molar-refractivity contribution >= 4 is 21.6 Å². The Balaban J connectivity index is 2.52. The Labute approximate surface area is 138 Å². The van der Waals surface area contributed by atoms with E-state index in [0.717, 1.165) is 6.07 Å². The van der Waals surface area contributed by atoms with Gasteiger partial charge in [-0.2, -0.15) is 4.72 Å². The third-order valence-electron chi connectivity index (χ3n) is 3.35. The first kappa shape index (κ1) is 17.6. The van der Waals surface area contributed by atoms with Crippen LogP contribution in [0.4, 0.5) is 5.69 Å². The van der Waals surface area contributed by atoms with Crippen LogP contribution in [0.5, 0.6) is 0 Å². The van der Waals surface area contributed by atoms with Crippen LogP contribution in [0.25, 0.3) is 0 Å². The van der Waals surface area contributed by atoms with E-state index < -0.39 is 37.5 Å². The van der Waals surface area contributed by atoms with Gasteiger partial charge in [-0.25, -0.2) is 8.42 Å². The number of rotatable bonds is 6. The maximum Gasteiger partial charge on any atom is 0.289 e. The minimum absolute atomic E-state index is 0.188. The summed E-state index contributed by atoms with van der Waals surface area (Å²) in [5.41, 5.74) is 5.25. The van der Waals surface area contributed by atoms with Crippen molar-refractivity contribution in [2.75, 3.05) is 0 Å². The van der Waals surface area contributed by atoms with E-state index in [-0.39, 0.29) is 5.56 Å². The van der Waals surface area contributed by atoms with Gasteiger partial charge in [0.2, 0.25) is 15.9 Å². The Morgan fingerprint density at radius 3 is 2.33 bits per heavy atom. The molecular weight excluding hydrogens is 334 g/mol. The van der Waals surface area contributed by atoms with Crippen molar-refractivity contribution < 1.29 is 18.1 Å². The summed E-state index contributed by atoms with van der Waals surface area (Å²) in [6.07, 6.45) is 0. The molecule has 0 heterocycles. The van der Waals surface area contributed by atoms with Gasteiger partial charge in [0.25, 0.3) is 5.69 Å². The number of nitrogens with one attached hydrogen (secondary N) is 1. The van der Waals surface area contributed by atoms with Crippen molar-refractivity contribution in [3.05, 3.63) is 69.8 Å². The number of carbonyl (C=O) groups excluding carboxylic acids is 1. The summed E-state index contributed by atoms with van der Waals surface area (Å²) in [7, 11) is -4.35. The van der Waals surface area contributed by atoms with Crippen LogP contribution in [-0.2, 0) is 14.8 Å². The zero-order valence-electron chi connectivity index (χ0n) is 12.7. The number of hydrogen-bond donors (Lipinski definition) is 2. The Kier molecular flexibility index (Phi) is 4.96. The normalized spacial score (nSPS) is 12.5. The molecule has 2 rings (SSSR count). The topological polar surface area (TPSA) is 132 Å². The van der Waals surface area contributed by atoms with E-state index in [9.17, 15) is 23.3 Å². The first-order chi connectivity index (χ1) is 11.2. The third-order valence-corrected chi connectivity index (χ3v) is 4.96. The molecule has 0 aliphatic carbocycles. The summed E-state index contributed by atoms with van der Waals surface area (Å²) < 4.78 is 27.4. The van der Waals surface area contributed by atoms with Crippen molar-refractivity contribution in [2.24, 2.45) is 5.73 Å². The first-order valence-electron chi connectivity index (χ1n) is 6.84. The van der Waals surface area contributed by atoms with Crippen LogP contribution in [-0.4, -0.2) is 19.2 Å². The molecule has 0 saturated heterocycles. The molecule has 0 unspecified atom stereocenters. The van der Waals surface area contributed by atoms with Gasteiger partial charge in [0.15, 0.2) is 4.90 Å². The second kappa shape index (κ2) is 6.77. The molecule has 0 spiro atoms. The van der Waals surface area contributed by atoms with Crippen LogP contribution in [0.15, 0.2) is 53.4 Å². The van der Waals surface area contributed by atoms with Gasteiger partial charge >= 0.3 is 0 Å². The fourth-order valence-corrected chi connectivity index (χ4v) is 3.87. The van der Waals surface area contributed by atoms with Crippen LogP contribution >= 0.6 is 0 Å². The van der Waals surface area contributed by atoms with Gasteiger partial charge in [-0.1, -0.05) is 42.5 Å². The molecule has 1 amide bonds. The van der Waals surface area contributed by atoms with Crippen LogP contribution in [0.1, 0.15) is 17.2 Å². The molecule has 0 saturated carbocycles. The zero-order chi connectivity index (χ0) is 17.9. The fourth-order valence-electron chi connectivity index (χ4n) is 2.28. The predicted molar refractivity (Wildman–Crippen MR) is 86.5 cm³/mol. The molecule has 2 aromatic carbocycles. The number of sulfonamides is 1. The smallest absolute Gasteiger partial charge is 0.289 e. The largest absolute Gasteiger partial charge is 0.368 e. The number of nitrogens with two attached hydrogens (primary N) is 1. The second-order valence-electron chi connectivity index (χ2n) is 5.05. The van der Waals surface area contributed by atoms with Gasteiger partial charge in [-0.3, -0.25) is 14.9 Å². The van der Waals surface area contributed by atoms with E-state index in [0.29, 0.717) is 5.56 Å². The van der Waals surface area contributed by atoms with Crippen LogP contribution in [0.3, 0.4) is 0 Å². The quantitative estimate of drug-likeness (QED) is 0.601. The molecule has 3 N–H and O–H groups in total. The molecule has 1 atom stereocenters. The lowest BCUT2D eigenvalue weighted by Crippen LogP contribution is -2.37. The zero-order valence-corrected chi connectivity index (χ0v) is 13.5. The van der Waals surface area contributed by atoms with Gasteiger partial charge in [-0.05, 0) is 18.1 Å². The Bertz CT molecular complexity index is 881. The lowest BCUT2D eigenvalue weighted by molar-refractivity contribution is -0.387. The fraction of sp³-hybridized carbons (Fsp3) is 0.133. The summed E-state index contributed by atoms with van der Waals surface area (Å²) in [6, 6.07) is 10.6. The van der Waals surface area contributed by atoms with Gasteiger partial charge in [0.1, 0.15) is 6.04 Å². The Morgan fingerprint density at radius 2 is 1.79 bits per heavy atom. The molecule has 0 radical (unpaired) electrons. The lowest BCUT2D eigenvalue weighted by atomic mass is 10.1. The van der Waals surface area contributed by atoms with Gasteiger partial charge < -0.3 is 5.73 Å². The van der Waals surface area contributed by atoms with E-state index in [4.69, 9.17) is 5.73 Å². The SMILES string of the molecule is Cc1cccc([N+](=O)[O-])c1S(=O)(=O)N[C@H](C(N)=O)c1ccccc1. The second-order valence-corrected chi connectivity index (χ2v) is 6.70. The van der Waals surface area contributed by atoms with Crippen molar-refractivity contribution in [3.63, 3.8) is 0 Å². The molecule has 0 aromatic heterocycles. The molecule has 0 aliphatic rings. The molecule has 126 valence electrons. The summed E-state index contributed by atoms with van der Waals surface area (Å²) in [5.74, 6) is -0.916. The average Bonchev–Trinajstić information content (AvgIpc) is 2.52. The Hall–Kier alpha value is -2.78. The molecule has 0 aliphatic heterocycles. The van der Waals surface area contributed by atoms with Crippen molar-refractivity contribution in [1.82, 2.24) is 4.72 Å². The molecule has 9 heteroatoms. The number of primary amides is 1. The number of nitrogens with zero attached hydrogens (tertiary/aromatic N) is 1. The van der Waals surface area contributed by atoms with Crippen molar-refractivity contribution in [2.45, 2.75) is 17.9 Å². The van der Waals surface area contributed by atoms with E-state index in [2.05, 4.69) is 4.72 Å². The van der Waals surface area contributed by atoms with Crippen molar-refractivity contribution in [3.8, 4) is 0 Å². The first-order valence-corrected chi connectivity index (χ1v) is 8.33. The number of nitro benzene ring substituents is 1. The Morgan fingerprint density at radius 1 is 1.17 bits per heavy atom. The molecular formula is C15H15N3O5S. The summed E-state index contributed by atoms with van der Waals surface area (Å²) >= 11 is 0. The number of amides is 1. The predicted octanol–water partition coefficient (Wildman–Crippen LogP) is 1.41. The molecule has 8 nitrogen and oxygen atoms in total. The summed E-state index contributed by atoms with van der Waals surface area (Å²) in [4.78, 5) is 21.5. The highest BCUT2D eigenvalue weighted by atomic mass is 32.2. The molecule has 2 aromatic rings. The van der Waals surface area contributed by atoms with Gasteiger partial charge in [-0.15, -0.1) is 0 Å². The number of nitro groups is 1. The van der Waals surface area contributed by atoms with E-state index >= 15 is 0 Å². The standard InChI is InChI=1S/C15H15N3O5S/c1-10-6-5-9-12(18(20)21)14(10)24(22,23)17-13(15(16)19)11-7-3-2-4-8-11/h2-9,13,17H,1H3,(H2,16,19)/t13-/m0/s1. The summed E-state index contributed by atoms with van der Waals surface area (Å²) in [5, 5.41) is 11.1. The van der Waals surface area contributed by atoms with Gasteiger partial charge in [0.05, 0.1) is 4.92 Å². The molecule has 0 bridgehead atoms. The maximum absolute atomic E-state index is 12.6. The number of carbonyl (C=O) groups is 1. The third kappa shape index (κ3) is 3.58. The van der Waals surface area contributed by atoms with E-state index in [1.165, 1.54) is 31.2 Å². The molecule has 24 heavy (non-hydrogen) atoms. The number of aryl methyl sites for hydroxylation is 1. The van der Waals surface area contributed by atoms with Crippen LogP contribution in [0.2, 0.25) is 0 Å².